The van der Waals surface area contributed by atoms with Crippen LogP contribution in [0.2, 0.25) is 0 Å². The predicted molar refractivity (Wildman–Crippen MR) is 79.7 cm³/mol. The topological polar surface area (TPSA) is 21.3 Å². The van der Waals surface area contributed by atoms with E-state index in [4.69, 9.17) is 4.74 Å². The molecule has 19 heavy (non-hydrogen) atoms. The van der Waals surface area contributed by atoms with Crippen LogP contribution in [0.5, 0.6) is 11.5 Å². The van der Waals surface area contributed by atoms with Crippen LogP contribution < -0.4 is 10.1 Å². The van der Waals surface area contributed by atoms with E-state index in [9.17, 15) is 0 Å². The number of para-hydroxylation sites is 1. The molecule has 0 radical (unpaired) electrons. The fourth-order valence-corrected chi connectivity index (χ4v) is 2.16. The minimum Gasteiger partial charge on any atom is -0.457 e. The third-order valence-corrected chi connectivity index (χ3v) is 3.19. The van der Waals surface area contributed by atoms with Crippen molar-refractivity contribution in [1.82, 2.24) is 5.32 Å². The summed E-state index contributed by atoms with van der Waals surface area (Å²) in [6, 6.07) is 18.6. The van der Waals surface area contributed by atoms with Gasteiger partial charge in [0, 0.05) is 6.04 Å². The van der Waals surface area contributed by atoms with Gasteiger partial charge in [-0.05, 0) is 43.3 Å². The fourth-order valence-electron chi connectivity index (χ4n) is 2.16. The molecule has 0 spiro atoms. The summed E-state index contributed by atoms with van der Waals surface area (Å²) >= 11 is 0. The summed E-state index contributed by atoms with van der Waals surface area (Å²) in [5.74, 6) is 1.75. The highest BCUT2D eigenvalue weighted by Crippen LogP contribution is 2.24. The SMILES string of the molecule is CCCC(NC)c1ccc(Oc2ccccc2)cc1. The Balaban J connectivity index is 2.06. The van der Waals surface area contributed by atoms with Gasteiger partial charge in [0.05, 0.1) is 0 Å². The van der Waals surface area contributed by atoms with Crippen LogP contribution in [0.15, 0.2) is 54.6 Å². The van der Waals surface area contributed by atoms with Gasteiger partial charge < -0.3 is 10.1 Å². The van der Waals surface area contributed by atoms with Crippen molar-refractivity contribution in [3.8, 4) is 11.5 Å². The van der Waals surface area contributed by atoms with E-state index in [1.54, 1.807) is 0 Å². The zero-order valence-electron chi connectivity index (χ0n) is 11.6. The Kier molecular flexibility index (Phi) is 4.99. The minimum atomic E-state index is 0.427. The lowest BCUT2D eigenvalue weighted by Gasteiger charge is -2.16. The highest BCUT2D eigenvalue weighted by atomic mass is 16.5. The van der Waals surface area contributed by atoms with E-state index in [1.807, 2.05) is 49.5 Å². The Hall–Kier alpha value is -1.80. The average Bonchev–Trinajstić information content (AvgIpc) is 2.47. The summed E-state index contributed by atoms with van der Waals surface area (Å²) in [5.41, 5.74) is 1.31. The lowest BCUT2D eigenvalue weighted by atomic mass is 10.0. The summed E-state index contributed by atoms with van der Waals surface area (Å²) in [4.78, 5) is 0. The Labute approximate surface area is 115 Å². The van der Waals surface area contributed by atoms with E-state index < -0.39 is 0 Å². The Morgan fingerprint density at radius 3 is 2.16 bits per heavy atom. The molecule has 2 heteroatoms. The first-order valence-corrected chi connectivity index (χ1v) is 6.83. The Morgan fingerprint density at radius 2 is 1.58 bits per heavy atom. The molecule has 0 saturated heterocycles. The second-order valence-corrected chi connectivity index (χ2v) is 4.61. The maximum Gasteiger partial charge on any atom is 0.127 e. The van der Waals surface area contributed by atoms with E-state index in [2.05, 4.69) is 24.4 Å². The minimum absolute atomic E-state index is 0.427. The first-order valence-electron chi connectivity index (χ1n) is 6.83. The highest BCUT2D eigenvalue weighted by Gasteiger charge is 2.07. The molecule has 0 aliphatic rings. The molecule has 0 aromatic heterocycles. The molecule has 0 fully saturated rings. The van der Waals surface area contributed by atoms with Crippen LogP contribution in [-0.4, -0.2) is 7.05 Å². The van der Waals surface area contributed by atoms with Crippen LogP contribution in [0.25, 0.3) is 0 Å². The molecule has 0 amide bonds. The molecular formula is C17H21NO. The Morgan fingerprint density at radius 1 is 0.947 bits per heavy atom. The van der Waals surface area contributed by atoms with Crippen molar-refractivity contribution >= 4 is 0 Å². The normalized spacial score (nSPS) is 12.1. The number of benzene rings is 2. The maximum absolute atomic E-state index is 5.79. The van der Waals surface area contributed by atoms with E-state index in [-0.39, 0.29) is 0 Å². The molecule has 0 saturated carbocycles. The molecule has 100 valence electrons. The van der Waals surface area contributed by atoms with Gasteiger partial charge in [-0.15, -0.1) is 0 Å². The van der Waals surface area contributed by atoms with Crippen LogP contribution in [0.1, 0.15) is 31.4 Å². The summed E-state index contributed by atoms with van der Waals surface area (Å²) in [6.07, 6.45) is 2.32. The van der Waals surface area contributed by atoms with Crippen LogP contribution in [0, 0.1) is 0 Å². The van der Waals surface area contributed by atoms with Crippen molar-refractivity contribution in [2.24, 2.45) is 0 Å². The summed E-state index contributed by atoms with van der Waals surface area (Å²) < 4.78 is 5.79. The molecule has 2 aromatic carbocycles. The number of hydrogen-bond acceptors (Lipinski definition) is 2. The lowest BCUT2D eigenvalue weighted by molar-refractivity contribution is 0.481. The predicted octanol–water partition coefficient (Wildman–Crippen LogP) is 4.54. The second-order valence-electron chi connectivity index (χ2n) is 4.61. The van der Waals surface area contributed by atoms with Crippen molar-refractivity contribution in [2.45, 2.75) is 25.8 Å². The zero-order valence-corrected chi connectivity index (χ0v) is 11.6. The molecule has 1 unspecified atom stereocenters. The van der Waals surface area contributed by atoms with Crippen molar-refractivity contribution in [3.63, 3.8) is 0 Å². The Bertz CT molecular complexity index is 478. The van der Waals surface area contributed by atoms with Gasteiger partial charge >= 0.3 is 0 Å². The fraction of sp³-hybridized carbons (Fsp3) is 0.294. The molecule has 0 heterocycles. The first-order chi connectivity index (χ1) is 9.33. The van der Waals surface area contributed by atoms with Crippen molar-refractivity contribution in [1.29, 1.82) is 0 Å². The van der Waals surface area contributed by atoms with Crippen LogP contribution in [0.3, 0.4) is 0 Å². The maximum atomic E-state index is 5.79. The lowest BCUT2D eigenvalue weighted by Crippen LogP contribution is -2.15. The van der Waals surface area contributed by atoms with Crippen LogP contribution >= 0.6 is 0 Å². The monoisotopic (exact) mass is 255 g/mol. The molecule has 1 atom stereocenters. The molecule has 0 bridgehead atoms. The molecule has 2 aromatic rings. The number of ether oxygens (including phenoxy) is 1. The molecule has 2 nitrogen and oxygen atoms in total. The van der Waals surface area contributed by atoms with Gasteiger partial charge in [0.25, 0.3) is 0 Å². The molecule has 0 aliphatic heterocycles. The van der Waals surface area contributed by atoms with Gasteiger partial charge in [0.2, 0.25) is 0 Å². The van der Waals surface area contributed by atoms with E-state index in [0.717, 1.165) is 17.9 Å². The molecular weight excluding hydrogens is 234 g/mol. The van der Waals surface area contributed by atoms with E-state index in [0.29, 0.717) is 6.04 Å². The largest absolute Gasteiger partial charge is 0.457 e. The quantitative estimate of drug-likeness (QED) is 0.818. The number of nitrogens with one attached hydrogen (secondary N) is 1. The summed E-state index contributed by atoms with van der Waals surface area (Å²) in [6.45, 7) is 2.21. The molecule has 0 aliphatic carbocycles. The molecule has 2 rings (SSSR count). The van der Waals surface area contributed by atoms with E-state index in [1.165, 1.54) is 12.0 Å². The summed E-state index contributed by atoms with van der Waals surface area (Å²) in [7, 11) is 2.01. The van der Waals surface area contributed by atoms with Crippen molar-refractivity contribution < 1.29 is 4.74 Å². The number of rotatable bonds is 6. The van der Waals surface area contributed by atoms with Crippen molar-refractivity contribution in [3.05, 3.63) is 60.2 Å². The molecule has 1 N–H and O–H groups in total. The summed E-state index contributed by atoms with van der Waals surface area (Å²) in [5, 5.41) is 3.35. The van der Waals surface area contributed by atoms with Gasteiger partial charge in [-0.25, -0.2) is 0 Å². The van der Waals surface area contributed by atoms with E-state index >= 15 is 0 Å². The van der Waals surface area contributed by atoms with Crippen molar-refractivity contribution in [2.75, 3.05) is 7.05 Å². The van der Waals surface area contributed by atoms with Gasteiger partial charge in [-0.3, -0.25) is 0 Å². The first kappa shape index (κ1) is 13.6. The van der Waals surface area contributed by atoms with Gasteiger partial charge in [-0.2, -0.15) is 0 Å². The van der Waals surface area contributed by atoms with Gasteiger partial charge in [-0.1, -0.05) is 43.7 Å². The zero-order chi connectivity index (χ0) is 13.5. The van der Waals surface area contributed by atoms with Crippen LogP contribution in [-0.2, 0) is 0 Å². The third kappa shape index (κ3) is 3.83. The average molecular weight is 255 g/mol. The highest BCUT2D eigenvalue weighted by molar-refractivity contribution is 5.33. The number of hydrogen-bond donors (Lipinski definition) is 1. The van der Waals surface area contributed by atoms with Gasteiger partial charge in [0.1, 0.15) is 11.5 Å². The standard InChI is InChI=1S/C17H21NO/c1-3-7-17(18-2)14-10-12-16(13-11-14)19-15-8-5-4-6-9-15/h4-6,8-13,17-18H,3,7H2,1-2H3. The van der Waals surface area contributed by atoms with Crippen LogP contribution in [0.4, 0.5) is 0 Å². The third-order valence-electron chi connectivity index (χ3n) is 3.19. The second kappa shape index (κ2) is 6.95. The van der Waals surface area contributed by atoms with Gasteiger partial charge in [0.15, 0.2) is 0 Å². The smallest absolute Gasteiger partial charge is 0.127 e.